The molecule has 1 saturated carbocycles. The second-order valence-corrected chi connectivity index (χ2v) is 9.25. The third-order valence-electron chi connectivity index (χ3n) is 7.33. The first-order chi connectivity index (χ1) is 14.9. The number of fused-ring (bicyclic) bond motifs is 1. The zero-order valence-corrected chi connectivity index (χ0v) is 19.4. The lowest BCUT2D eigenvalue weighted by molar-refractivity contribution is -0.159. The van der Waals surface area contributed by atoms with Gasteiger partial charge in [0.05, 0.1) is 0 Å². The first-order valence-electron chi connectivity index (χ1n) is 12.2. The minimum absolute atomic E-state index is 0.486. The molecule has 2 N–H and O–H groups in total. The van der Waals surface area contributed by atoms with Crippen LogP contribution in [0, 0.1) is 5.92 Å². The quantitative estimate of drug-likeness (QED) is 0.386. The lowest BCUT2D eigenvalue weighted by Gasteiger charge is -2.49. The van der Waals surface area contributed by atoms with Crippen LogP contribution in [0.4, 0.5) is 0 Å². The second-order valence-electron chi connectivity index (χ2n) is 9.25. The molecule has 174 valence electrons. The number of unbranched alkanes of at least 4 members (excludes halogenated alkanes) is 5. The lowest BCUT2D eigenvalue weighted by Crippen LogP contribution is -2.52. The van der Waals surface area contributed by atoms with Crippen LogP contribution in [0.5, 0.6) is 0 Å². The number of likely N-dealkylation sites (tertiary alicyclic amines) is 1. The molecular weight excluding hydrogens is 390 g/mol. The molecule has 1 aromatic rings. The van der Waals surface area contributed by atoms with Gasteiger partial charge in [0.25, 0.3) is 0 Å². The summed E-state index contributed by atoms with van der Waals surface area (Å²) in [6.45, 7) is 7.40. The van der Waals surface area contributed by atoms with E-state index in [1.54, 1.807) is 5.56 Å². The number of nitrogens with zero attached hydrogens (tertiary/aromatic N) is 1. The van der Waals surface area contributed by atoms with E-state index in [0.29, 0.717) is 5.41 Å². The molecule has 1 aromatic carbocycles. The fraction of sp³-hybridized carbons (Fsp3) is 0.692. The number of carboxylic acid groups (broad SMARTS) is 2. The third kappa shape index (κ3) is 7.06. The van der Waals surface area contributed by atoms with Crippen LogP contribution in [-0.2, 0) is 15.0 Å². The van der Waals surface area contributed by atoms with E-state index in [1.165, 1.54) is 83.7 Å². The summed E-state index contributed by atoms with van der Waals surface area (Å²) in [5.41, 5.74) is 2.12. The predicted molar refractivity (Wildman–Crippen MR) is 124 cm³/mol. The average molecular weight is 432 g/mol. The van der Waals surface area contributed by atoms with Crippen molar-refractivity contribution >= 4 is 11.9 Å². The molecule has 3 rings (SSSR count). The molecule has 1 aliphatic heterocycles. The Hall–Kier alpha value is -1.88. The number of carbonyl (C=O) groups is 2. The Labute approximate surface area is 187 Å². The summed E-state index contributed by atoms with van der Waals surface area (Å²) in [5.74, 6) is -2.76. The Morgan fingerprint density at radius 1 is 1.00 bits per heavy atom. The number of carboxylic acids is 2. The Bertz CT molecular complexity index is 665. The van der Waals surface area contributed by atoms with Gasteiger partial charge in [0.15, 0.2) is 0 Å². The van der Waals surface area contributed by atoms with E-state index in [4.69, 9.17) is 19.8 Å². The molecule has 0 amide bonds. The summed E-state index contributed by atoms with van der Waals surface area (Å²) in [4.78, 5) is 21.1. The molecule has 5 nitrogen and oxygen atoms in total. The van der Waals surface area contributed by atoms with Gasteiger partial charge >= 0.3 is 11.9 Å². The molecule has 0 spiro atoms. The van der Waals surface area contributed by atoms with Crippen molar-refractivity contribution in [1.82, 2.24) is 4.90 Å². The molecule has 0 aromatic heterocycles. The van der Waals surface area contributed by atoms with Gasteiger partial charge < -0.3 is 15.1 Å². The van der Waals surface area contributed by atoms with Crippen molar-refractivity contribution in [2.24, 2.45) is 5.92 Å². The summed E-state index contributed by atoms with van der Waals surface area (Å²) in [6.07, 6.45) is 15.5. The highest BCUT2D eigenvalue weighted by Gasteiger charge is 2.49. The van der Waals surface area contributed by atoms with Crippen LogP contribution in [-0.4, -0.2) is 46.2 Å². The first-order valence-corrected chi connectivity index (χ1v) is 12.2. The maximum atomic E-state index is 9.10. The Balaban J connectivity index is 0.000000501. The van der Waals surface area contributed by atoms with Gasteiger partial charge in [-0.05, 0) is 50.1 Å². The van der Waals surface area contributed by atoms with Crippen LogP contribution in [0.2, 0.25) is 0 Å². The van der Waals surface area contributed by atoms with E-state index in [2.05, 4.69) is 49.1 Å². The zero-order valence-electron chi connectivity index (χ0n) is 19.4. The predicted octanol–water partition coefficient (Wildman–Crippen LogP) is 5.72. The van der Waals surface area contributed by atoms with Crippen molar-refractivity contribution in [2.75, 3.05) is 13.1 Å². The van der Waals surface area contributed by atoms with Crippen LogP contribution < -0.4 is 0 Å². The summed E-state index contributed by atoms with van der Waals surface area (Å²) in [5, 5.41) is 14.8. The SMILES string of the molecule is CCCCCCCCN1CC2CCCC2(c2ccccc2)CC1CC.O=C(O)C(=O)O. The highest BCUT2D eigenvalue weighted by molar-refractivity contribution is 6.27. The molecular formula is C26H41NO4. The molecule has 3 unspecified atom stereocenters. The summed E-state index contributed by atoms with van der Waals surface area (Å²) in [7, 11) is 0. The lowest BCUT2D eigenvalue weighted by atomic mass is 9.65. The fourth-order valence-electron chi connectivity index (χ4n) is 5.70. The van der Waals surface area contributed by atoms with Crippen molar-refractivity contribution in [3.8, 4) is 0 Å². The number of piperidine rings is 1. The summed E-state index contributed by atoms with van der Waals surface area (Å²) in [6, 6.07) is 12.3. The van der Waals surface area contributed by atoms with E-state index in [0.717, 1.165) is 12.0 Å². The molecule has 3 atom stereocenters. The second kappa shape index (κ2) is 12.8. The van der Waals surface area contributed by atoms with Crippen molar-refractivity contribution in [3.63, 3.8) is 0 Å². The molecule has 5 heteroatoms. The van der Waals surface area contributed by atoms with Gasteiger partial charge in [-0.3, -0.25) is 0 Å². The highest BCUT2D eigenvalue weighted by atomic mass is 16.4. The van der Waals surface area contributed by atoms with Crippen molar-refractivity contribution < 1.29 is 19.8 Å². The molecule has 2 fully saturated rings. The Kier molecular flexibility index (Phi) is 10.5. The minimum Gasteiger partial charge on any atom is -0.473 e. The molecule has 1 heterocycles. The van der Waals surface area contributed by atoms with Gasteiger partial charge in [-0.25, -0.2) is 9.59 Å². The van der Waals surface area contributed by atoms with Crippen molar-refractivity contribution in [1.29, 1.82) is 0 Å². The summed E-state index contributed by atoms with van der Waals surface area (Å²) >= 11 is 0. The van der Waals surface area contributed by atoms with E-state index in [9.17, 15) is 0 Å². The monoisotopic (exact) mass is 431 g/mol. The number of hydrogen-bond donors (Lipinski definition) is 2. The third-order valence-corrected chi connectivity index (χ3v) is 7.33. The van der Waals surface area contributed by atoms with Crippen molar-refractivity contribution in [3.05, 3.63) is 35.9 Å². The van der Waals surface area contributed by atoms with Crippen molar-refractivity contribution in [2.45, 2.75) is 95.9 Å². The topological polar surface area (TPSA) is 77.8 Å². The van der Waals surface area contributed by atoms with Gasteiger partial charge in [0.2, 0.25) is 0 Å². The molecule has 0 bridgehead atoms. The van der Waals surface area contributed by atoms with Gasteiger partial charge in [-0.2, -0.15) is 0 Å². The molecule has 31 heavy (non-hydrogen) atoms. The standard InChI is InChI=1S/C24H39N.C2H2O4/c1-3-5-6-7-8-12-18-25-20-22-16-13-17-24(22,19-23(25)4-2)21-14-10-9-11-15-21;3-1(4)2(5)6/h9-11,14-15,22-23H,3-8,12-13,16-20H2,1-2H3;(H,3,4)(H,5,6). The largest absolute Gasteiger partial charge is 0.473 e. The number of aliphatic carboxylic acids is 2. The van der Waals surface area contributed by atoms with Gasteiger partial charge in [-0.15, -0.1) is 0 Å². The smallest absolute Gasteiger partial charge is 0.414 e. The van der Waals surface area contributed by atoms with E-state index in [-0.39, 0.29) is 0 Å². The Morgan fingerprint density at radius 3 is 2.26 bits per heavy atom. The van der Waals surface area contributed by atoms with Crippen LogP contribution in [0.15, 0.2) is 30.3 Å². The molecule has 1 saturated heterocycles. The average Bonchev–Trinajstić information content (AvgIpc) is 3.20. The van der Waals surface area contributed by atoms with Crippen LogP contribution in [0.3, 0.4) is 0 Å². The zero-order chi connectivity index (χ0) is 22.7. The van der Waals surface area contributed by atoms with Gasteiger partial charge in [0.1, 0.15) is 0 Å². The maximum absolute atomic E-state index is 9.10. The van der Waals surface area contributed by atoms with E-state index in [1.807, 2.05) is 0 Å². The summed E-state index contributed by atoms with van der Waals surface area (Å²) < 4.78 is 0. The van der Waals surface area contributed by atoms with Crippen LogP contribution >= 0.6 is 0 Å². The number of hydrogen-bond acceptors (Lipinski definition) is 3. The minimum atomic E-state index is -1.82. The van der Waals surface area contributed by atoms with Gasteiger partial charge in [0, 0.05) is 18.0 Å². The van der Waals surface area contributed by atoms with Gasteiger partial charge in [-0.1, -0.05) is 82.7 Å². The first kappa shape index (κ1) is 25.4. The number of rotatable bonds is 9. The van der Waals surface area contributed by atoms with E-state index >= 15 is 0 Å². The van der Waals surface area contributed by atoms with E-state index < -0.39 is 11.9 Å². The highest BCUT2D eigenvalue weighted by Crippen LogP contribution is 2.52. The Morgan fingerprint density at radius 2 is 1.65 bits per heavy atom. The van der Waals surface area contributed by atoms with Crippen LogP contribution in [0.25, 0.3) is 0 Å². The normalized spacial score (nSPS) is 25.4. The maximum Gasteiger partial charge on any atom is 0.414 e. The van der Waals surface area contributed by atoms with Crippen LogP contribution in [0.1, 0.15) is 90.0 Å². The number of benzene rings is 1. The molecule has 1 aliphatic carbocycles. The molecule has 0 radical (unpaired) electrons. The fourth-order valence-corrected chi connectivity index (χ4v) is 5.70. The molecule has 2 aliphatic rings.